The monoisotopic (exact) mass is 323 g/mol. The van der Waals surface area contributed by atoms with E-state index in [-0.39, 0.29) is 24.3 Å². The van der Waals surface area contributed by atoms with Crippen LogP contribution in [0.25, 0.3) is 0 Å². The molecule has 0 aliphatic rings. The van der Waals surface area contributed by atoms with E-state index in [1.54, 1.807) is 0 Å². The third-order valence-corrected chi connectivity index (χ3v) is 4.93. The van der Waals surface area contributed by atoms with Gasteiger partial charge >= 0.3 is 0 Å². The smallest absolute Gasteiger partial charge is 0.211 e. The van der Waals surface area contributed by atoms with Crippen molar-refractivity contribution in [2.75, 3.05) is 6.54 Å². The summed E-state index contributed by atoms with van der Waals surface area (Å²) in [5.41, 5.74) is 0. The first-order valence-corrected chi connectivity index (χ1v) is 8.18. The minimum atomic E-state index is -4.37. The van der Waals surface area contributed by atoms with Crippen LogP contribution in [-0.4, -0.2) is 15.0 Å². The minimum Gasteiger partial charge on any atom is -0.211 e. The highest BCUT2D eigenvalue weighted by Gasteiger charge is 2.27. The summed E-state index contributed by atoms with van der Waals surface area (Å²) in [6.07, 6.45) is 0. The molecule has 21 heavy (non-hydrogen) atoms. The Morgan fingerprint density at radius 3 is 1.81 bits per heavy atom. The van der Waals surface area contributed by atoms with Gasteiger partial charge in [0.25, 0.3) is 0 Å². The fraction of sp³-hybridized carbons (Fsp3) is 0.571. The summed E-state index contributed by atoms with van der Waals surface area (Å²) < 4.78 is 66.2. The van der Waals surface area contributed by atoms with Crippen LogP contribution in [0.15, 0.2) is 17.0 Å². The first-order chi connectivity index (χ1) is 9.56. The van der Waals surface area contributed by atoms with Gasteiger partial charge in [0.15, 0.2) is 4.90 Å². The summed E-state index contributed by atoms with van der Waals surface area (Å²) in [4.78, 5) is -1.14. The Bertz CT molecular complexity index is 569. The Balaban J connectivity index is 3.03. The molecule has 0 amide bonds. The van der Waals surface area contributed by atoms with E-state index in [0.29, 0.717) is 12.1 Å². The summed E-state index contributed by atoms with van der Waals surface area (Å²) in [7, 11) is -4.37. The molecule has 3 nitrogen and oxygen atoms in total. The van der Waals surface area contributed by atoms with Gasteiger partial charge in [0.1, 0.15) is 17.5 Å². The molecule has 0 aliphatic heterocycles. The average molecular weight is 323 g/mol. The van der Waals surface area contributed by atoms with Gasteiger partial charge in [-0.05, 0) is 17.8 Å². The van der Waals surface area contributed by atoms with Crippen LogP contribution in [0.1, 0.15) is 27.7 Å². The van der Waals surface area contributed by atoms with Gasteiger partial charge in [-0.15, -0.1) is 0 Å². The topological polar surface area (TPSA) is 46.2 Å². The lowest BCUT2D eigenvalue weighted by molar-refractivity contribution is 0.289. The minimum absolute atomic E-state index is 0.0198. The zero-order chi connectivity index (χ0) is 16.4. The summed E-state index contributed by atoms with van der Waals surface area (Å²) in [6.45, 7) is 7.83. The lowest BCUT2D eigenvalue weighted by atomic mass is 9.86. The summed E-state index contributed by atoms with van der Waals surface area (Å²) in [5.74, 6) is -3.61. The van der Waals surface area contributed by atoms with E-state index in [0.717, 1.165) is 0 Å². The molecular formula is C14H20F3NO2S. The molecule has 1 N–H and O–H groups in total. The molecule has 0 heterocycles. The van der Waals surface area contributed by atoms with Crippen LogP contribution in [0.2, 0.25) is 0 Å². The van der Waals surface area contributed by atoms with Crippen LogP contribution >= 0.6 is 0 Å². The summed E-state index contributed by atoms with van der Waals surface area (Å²) in [6, 6.07) is 0.694. The van der Waals surface area contributed by atoms with Crippen molar-refractivity contribution in [2.24, 2.45) is 17.8 Å². The van der Waals surface area contributed by atoms with Crippen LogP contribution in [-0.2, 0) is 10.0 Å². The van der Waals surface area contributed by atoms with E-state index < -0.39 is 32.4 Å². The number of nitrogens with one attached hydrogen (secondary N) is 1. The van der Waals surface area contributed by atoms with Gasteiger partial charge in [0, 0.05) is 18.7 Å². The molecule has 0 spiro atoms. The van der Waals surface area contributed by atoms with E-state index in [2.05, 4.69) is 4.72 Å². The molecule has 0 saturated heterocycles. The van der Waals surface area contributed by atoms with Gasteiger partial charge in [-0.2, -0.15) is 0 Å². The fourth-order valence-corrected chi connectivity index (χ4v) is 3.49. The standard InChI is InChI=1S/C14H20F3NO2S/c1-8(2)11(9(3)4)7-18-21(19,20)14-12(16)5-10(15)6-13(14)17/h5-6,8-9,11,18H,7H2,1-4H3. The molecule has 1 rings (SSSR count). The molecule has 120 valence electrons. The second kappa shape index (κ2) is 6.79. The molecule has 7 heteroatoms. The lowest BCUT2D eigenvalue weighted by Gasteiger charge is -2.25. The maximum absolute atomic E-state index is 13.5. The Kier molecular flexibility index (Phi) is 5.81. The molecule has 1 aromatic rings. The highest BCUT2D eigenvalue weighted by molar-refractivity contribution is 7.89. The van der Waals surface area contributed by atoms with Gasteiger partial charge in [0.05, 0.1) is 0 Å². The number of hydrogen-bond acceptors (Lipinski definition) is 2. The largest absolute Gasteiger partial charge is 0.246 e. The van der Waals surface area contributed by atoms with Gasteiger partial charge in [-0.25, -0.2) is 26.3 Å². The molecule has 0 aromatic heterocycles. The molecule has 0 atom stereocenters. The van der Waals surface area contributed by atoms with Crippen LogP contribution in [0, 0.1) is 35.2 Å². The first-order valence-electron chi connectivity index (χ1n) is 6.70. The predicted molar refractivity (Wildman–Crippen MR) is 74.7 cm³/mol. The zero-order valence-electron chi connectivity index (χ0n) is 12.5. The highest BCUT2D eigenvalue weighted by atomic mass is 32.2. The quantitative estimate of drug-likeness (QED) is 0.873. The van der Waals surface area contributed by atoms with Crippen molar-refractivity contribution in [1.29, 1.82) is 0 Å². The Morgan fingerprint density at radius 2 is 1.43 bits per heavy atom. The number of hydrogen-bond donors (Lipinski definition) is 1. The second-order valence-corrected chi connectivity index (χ2v) is 7.41. The number of halogens is 3. The number of sulfonamides is 1. The Hall–Kier alpha value is -1.08. The number of rotatable bonds is 6. The molecule has 0 fully saturated rings. The average Bonchev–Trinajstić information content (AvgIpc) is 2.25. The second-order valence-electron chi connectivity index (χ2n) is 5.70. The normalized spacial score (nSPS) is 12.7. The van der Waals surface area contributed by atoms with Gasteiger partial charge < -0.3 is 0 Å². The third kappa shape index (κ3) is 4.44. The van der Waals surface area contributed by atoms with E-state index in [1.165, 1.54) is 0 Å². The van der Waals surface area contributed by atoms with E-state index in [9.17, 15) is 21.6 Å². The molecular weight excluding hydrogens is 303 g/mol. The summed E-state index contributed by atoms with van der Waals surface area (Å²) in [5, 5.41) is 0. The molecule has 1 aromatic carbocycles. The van der Waals surface area contributed by atoms with Crippen LogP contribution in [0.3, 0.4) is 0 Å². The Morgan fingerprint density at radius 1 is 1.00 bits per heavy atom. The lowest BCUT2D eigenvalue weighted by Crippen LogP contribution is -2.34. The van der Waals surface area contributed by atoms with E-state index in [1.807, 2.05) is 27.7 Å². The van der Waals surface area contributed by atoms with Gasteiger partial charge in [0.2, 0.25) is 10.0 Å². The van der Waals surface area contributed by atoms with Gasteiger partial charge in [-0.1, -0.05) is 27.7 Å². The van der Waals surface area contributed by atoms with Crippen LogP contribution in [0.5, 0.6) is 0 Å². The van der Waals surface area contributed by atoms with Crippen molar-refractivity contribution >= 4 is 10.0 Å². The van der Waals surface area contributed by atoms with Crippen LogP contribution < -0.4 is 4.72 Å². The molecule has 0 bridgehead atoms. The van der Waals surface area contributed by atoms with E-state index in [4.69, 9.17) is 0 Å². The Labute approximate surface area is 123 Å². The van der Waals surface area contributed by atoms with Crippen molar-refractivity contribution in [2.45, 2.75) is 32.6 Å². The molecule has 0 saturated carbocycles. The maximum atomic E-state index is 13.5. The van der Waals surface area contributed by atoms with Crippen molar-refractivity contribution in [3.8, 4) is 0 Å². The van der Waals surface area contributed by atoms with Crippen molar-refractivity contribution in [1.82, 2.24) is 4.72 Å². The van der Waals surface area contributed by atoms with E-state index >= 15 is 0 Å². The zero-order valence-corrected chi connectivity index (χ0v) is 13.3. The SMILES string of the molecule is CC(C)C(CNS(=O)(=O)c1c(F)cc(F)cc1F)C(C)C. The third-order valence-electron chi connectivity index (χ3n) is 3.45. The van der Waals surface area contributed by atoms with Crippen molar-refractivity contribution in [3.63, 3.8) is 0 Å². The van der Waals surface area contributed by atoms with Crippen molar-refractivity contribution in [3.05, 3.63) is 29.6 Å². The van der Waals surface area contributed by atoms with Crippen molar-refractivity contribution < 1.29 is 21.6 Å². The maximum Gasteiger partial charge on any atom is 0.246 e. The predicted octanol–water partition coefficient (Wildman–Crippen LogP) is 3.31. The van der Waals surface area contributed by atoms with Crippen LogP contribution in [0.4, 0.5) is 13.2 Å². The summed E-state index contributed by atoms with van der Waals surface area (Å²) >= 11 is 0. The molecule has 0 aliphatic carbocycles. The first kappa shape index (κ1) is 18.0. The number of benzene rings is 1. The van der Waals surface area contributed by atoms with Gasteiger partial charge in [-0.3, -0.25) is 0 Å². The molecule has 0 radical (unpaired) electrons. The fourth-order valence-electron chi connectivity index (χ4n) is 2.30. The highest BCUT2D eigenvalue weighted by Crippen LogP contribution is 2.23. The molecule has 0 unspecified atom stereocenters.